The third-order valence-electron chi connectivity index (χ3n) is 5.81. The lowest BCUT2D eigenvalue weighted by Gasteiger charge is -2.36. The maximum absolute atomic E-state index is 13.9. The lowest BCUT2D eigenvalue weighted by Crippen LogP contribution is -2.49. The van der Waals surface area contributed by atoms with Crippen LogP contribution in [-0.4, -0.2) is 42.9 Å². The van der Waals surface area contributed by atoms with Crippen molar-refractivity contribution >= 4 is 34.2 Å². The average Bonchev–Trinajstić information content (AvgIpc) is 3.29. The number of carbonyl (C=O) groups excluding carboxylic acids is 2. The molecule has 4 aromatic rings. The van der Waals surface area contributed by atoms with Gasteiger partial charge in [-0.2, -0.15) is 0 Å². The van der Waals surface area contributed by atoms with Gasteiger partial charge in [-0.05, 0) is 48.5 Å². The van der Waals surface area contributed by atoms with Gasteiger partial charge in [0.2, 0.25) is 0 Å². The summed E-state index contributed by atoms with van der Waals surface area (Å²) >= 11 is 0. The van der Waals surface area contributed by atoms with Crippen molar-refractivity contribution in [2.45, 2.75) is 0 Å². The van der Waals surface area contributed by atoms with E-state index < -0.39 is 5.82 Å². The molecule has 0 spiro atoms. The number of hydrogen-bond donors (Lipinski definition) is 1. The molecule has 3 aromatic carbocycles. The van der Waals surface area contributed by atoms with Crippen LogP contribution in [0.5, 0.6) is 0 Å². The molecule has 0 aliphatic carbocycles. The Kier molecular flexibility index (Phi) is 5.52. The maximum Gasteiger partial charge on any atom is 0.291 e. The molecule has 2 amide bonds. The van der Waals surface area contributed by atoms with Crippen LogP contribution in [-0.2, 0) is 0 Å². The number of hydrogen-bond acceptors (Lipinski definition) is 4. The monoisotopic (exact) mass is 443 g/mol. The topological polar surface area (TPSA) is 65.8 Å². The molecule has 1 aromatic heterocycles. The highest BCUT2D eigenvalue weighted by Crippen LogP contribution is 2.23. The van der Waals surface area contributed by atoms with E-state index in [1.807, 2.05) is 48.5 Å². The molecular formula is C26H22FN3O3. The molecule has 1 aliphatic heterocycles. The van der Waals surface area contributed by atoms with Gasteiger partial charge in [0.25, 0.3) is 11.8 Å². The van der Waals surface area contributed by atoms with E-state index in [4.69, 9.17) is 4.42 Å². The zero-order chi connectivity index (χ0) is 22.8. The highest BCUT2D eigenvalue weighted by Gasteiger charge is 2.24. The van der Waals surface area contributed by atoms with Gasteiger partial charge < -0.3 is 19.5 Å². The summed E-state index contributed by atoms with van der Waals surface area (Å²) in [6.07, 6.45) is 0. The lowest BCUT2D eigenvalue weighted by atomic mass is 10.1. The fraction of sp³-hybridized carbons (Fsp3) is 0.154. The summed E-state index contributed by atoms with van der Waals surface area (Å²) in [6.45, 7) is 2.31. The second kappa shape index (κ2) is 8.78. The van der Waals surface area contributed by atoms with E-state index in [0.29, 0.717) is 37.4 Å². The summed E-state index contributed by atoms with van der Waals surface area (Å²) in [4.78, 5) is 29.0. The molecule has 5 rings (SSSR count). The van der Waals surface area contributed by atoms with Gasteiger partial charge in [0.15, 0.2) is 5.76 Å². The van der Waals surface area contributed by atoms with Gasteiger partial charge in [0.1, 0.15) is 11.4 Å². The molecular weight excluding hydrogens is 421 g/mol. The number of rotatable bonds is 4. The number of nitrogens with zero attached hydrogens (tertiary/aromatic N) is 2. The van der Waals surface area contributed by atoms with Gasteiger partial charge in [0.05, 0.1) is 5.56 Å². The summed E-state index contributed by atoms with van der Waals surface area (Å²) in [5, 5.41) is 3.74. The molecule has 0 radical (unpaired) electrons. The van der Waals surface area contributed by atoms with Crippen molar-refractivity contribution in [3.05, 3.63) is 96.0 Å². The third-order valence-corrected chi connectivity index (χ3v) is 5.81. The Morgan fingerprint density at radius 1 is 0.848 bits per heavy atom. The summed E-state index contributed by atoms with van der Waals surface area (Å²) in [6, 6.07) is 22.8. The number of benzene rings is 3. The minimum absolute atomic E-state index is 0.107. The van der Waals surface area contributed by atoms with Crippen molar-refractivity contribution in [2.75, 3.05) is 36.4 Å². The zero-order valence-corrected chi connectivity index (χ0v) is 17.8. The van der Waals surface area contributed by atoms with E-state index in [1.165, 1.54) is 12.1 Å². The highest BCUT2D eigenvalue weighted by atomic mass is 19.1. The SMILES string of the molecule is O=C(Nc1ccc(N2CCN(C(=O)c3ccccc3F)CC2)cc1)c1cc2ccccc2o1. The first-order valence-electron chi connectivity index (χ1n) is 10.8. The van der Waals surface area contributed by atoms with Crippen LogP contribution in [0.3, 0.4) is 0 Å². The van der Waals surface area contributed by atoms with Crippen LogP contribution in [0.15, 0.2) is 83.3 Å². The standard InChI is InChI=1S/C26H22FN3O3/c27-22-7-3-2-6-21(22)26(32)30-15-13-29(14-16-30)20-11-9-19(10-12-20)28-25(31)24-17-18-5-1-4-8-23(18)33-24/h1-12,17H,13-16H2,(H,28,31). The molecule has 1 N–H and O–H groups in total. The maximum atomic E-state index is 13.9. The average molecular weight is 443 g/mol. The first-order chi connectivity index (χ1) is 16.1. The molecule has 1 fully saturated rings. The Balaban J connectivity index is 1.19. The minimum atomic E-state index is -0.495. The van der Waals surface area contributed by atoms with E-state index in [9.17, 15) is 14.0 Å². The van der Waals surface area contributed by atoms with Crippen LogP contribution in [0.25, 0.3) is 11.0 Å². The molecule has 166 valence electrons. The number of piperazine rings is 1. The largest absolute Gasteiger partial charge is 0.451 e. The van der Waals surface area contributed by atoms with Gasteiger partial charge in [-0.3, -0.25) is 9.59 Å². The van der Waals surface area contributed by atoms with Crippen LogP contribution < -0.4 is 10.2 Å². The van der Waals surface area contributed by atoms with E-state index in [0.717, 1.165) is 11.1 Å². The van der Waals surface area contributed by atoms with Crippen molar-refractivity contribution < 1.29 is 18.4 Å². The zero-order valence-electron chi connectivity index (χ0n) is 17.8. The van der Waals surface area contributed by atoms with Gasteiger partial charge in [-0.15, -0.1) is 0 Å². The molecule has 0 unspecified atom stereocenters. The summed E-state index contributed by atoms with van der Waals surface area (Å²) in [5.74, 6) is -0.822. The highest BCUT2D eigenvalue weighted by molar-refractivity contribution is 6.04. The van der Waals surface area contributed by atoms with Crippen molar-refractivity contribution in [1.29, 1.82) is 0 Å². The number of nitrogens with one attached hydrogen (secondary N) is 1. The fourth-order valence-electron chi connectivity index (χ4n) is 4.01. The van der Waals surface area contributed by atoms with E-state index in [1.54, 1.807) is 23.1 Å². The summed E-state index contributed by atoms with van der Waals surface area (Å²) in [7, 11) is 0. The Morgan fingerprint density at radius 3 is 2.27 bits per heavy atom. The molecule has 0 bridgehead atoms. The van der Waals surface area contributed by atoms with Crippen LogP contribution in [0, 0.1) is 5.82 Å². The Bertz CT molecular complexity index is 1270. The van der Waals surface area contributed by atoms with Gasteiger partial charge in [-0.1, -0.05) is 30.3 Å². The number of carbonyl (C=O) groups is 2. The number of para-hydroxylation sites is 1. The molecule has 33 heavy (non-hydrogen) atoms. The second-order valence-corrected chi connectivity index (χ2v) is 7.91. The predicted octanol–water partition coefficient (Wildman–Crippen LogP) is 4.79. The number of amides is 2. The molecule has 6 nitrogen and oxygen atoms in total. The number of anilines is 2. The van der Waals surface area contributed by atoms with Crippen LogP contribution in [0.4, 0.5) is 15.8 Å². The second-order valence-electron chi connectivity index (χ2n) is 7.91. The van der Waals surface area contributed by atoms with Gasteiger partial charge >= 0.3 is 0 Å². The Labute approximate surface area is 190 Å². The fourth-order valence-corrected chi connectivity index (χ4v) is 4.01. The smallest absolute Gasteiger partial charge is 0.291 e. The molecule has 0 atom stereocenters. The minimum Gasteiger partial charge on any atom is -0.451 e. The Hall–Kier alpha value is -4.13. The Morgan fingerprint density at radius 2 is 1.55 bits per heavy atom. The molecule has 1 aliphatic rings. The molecule has 0 saturated carbocycles. The number of fused-ring (bicyclic) bond motifs is 1. The van der Waals surface area contributed by atoms with E-state index in [2.05, 4.69) is 10.2 Å². The predicted molar refractivity (Wildman–Crippen MR) is 125 cm³/mol. The van der Waals surface area contributed by atoms with E-state index >= 15 is 0 Å². The van der Waals surface area contributed by atoms with Crippen LogP contribution >= 0.6 is 0 Å². The first-order valence-corrected chi connectivity index (χ1v) is 10.8. The van der Waals surface area contributed by atoms with Crippen molar-refractivity contribution in [2.24, 2.45) is 0 Å². The number of furan rings is 1. The van der Waals surface area contributed by atoms with Gasteiger partial charge in [0, 0.05) is 42.9 Å². The normalized spacial score (nSPS) is 13.8. The van der Waals surface area contributed by atoms with Crippen LogP contribution in [0.2, 0.25) is 0 Å². The van der Waals surface area contributed by atoms with Crippen molar-refractivity contribution in [3.8, 4) is 0 Å². The third kappa shape index (κ3) is 4.30. The lowest BCUT2D eigenvalue weighted by molar-refractivity contribution is 0.0742. The quantitative estimate of drug-likeness (QED) is 0.493. The summed E-state index contributed by atoms with van der Waals surface area (Å²) < 4.78 is 19.5. The van der Waals surface area contributed by atoms with Crippen LogP contribution in [0.1, 0.15) is 20.9 Å². The van der Waals surface area contributed by atoms with E-state index in [-0.39, 0.29) is 23.1 Å². The van der Waals surface area contributed by atoms with Crippen molar-refractivity contribution in [1.82, 2.24) is 4.90 Å². The number of halogens is 1. The molecule has 1 saturated heterocycles. The summed E-state index contributed by atoms with van der Waals surface area (Å²) in [5.41, 5.74) is 2.44. The first kappa shape index (κ1) is 20.8. The molecule has 7 heteroatoms. The van der Waals surface area contributed by atoms with Crippen molar-refractivity contribution in [3.63, 3.8) is 0 Å². The molecule has 2 heterocycles. The van der Waals surface area contributed by atoms with Gasteiger partial charge in [-0.25, -0.2) is 4.39 Å².